The van der Waals surface area contributed by atoms with Crippen molar-refractivity contribution in [2.24, 2.45) is 0 Å². The van der Waals surface area contributed by atoms with Crippen molar-refractivity contribution < 1.29 is 23.8 Å². The van der Waals surface area contributed by atoms with Crippen molar-refractivity contribution >= 4 is 29.4 Å². The lowest BCUT2D eigenvalue weighted by atomic mass is 9.95. The molecule has 33 heavy (non-hydrogen) atoms. The van der Waals surface area contributed by atoms with Gasteiger partial charge in [-0.2, -0.15) is 0 Å². The molecule has 176 valence electrons. The predicted molar refractivity (Wildman–Crippen MR) is 128 cm³/mol. The van der Waals surface area contributed by atoms with E-state index in [4.69, 9.17) is 25.7 Å². The molecule has 0 unspecified atom stereocenters. The molecule has 0 saturated heterocycles. The van der Waals surface area contributed by atoms with E-state index < -0.39 is 5.97 Å². The molecule has 0 aromatic heterocycles. The molecule has 1 saturated carbocycles. The van der Waals surface area contributed by atoms with Gasteiger partial charge in [0.05, 0.1) is 11.7 Å². The van der Waals surface area contributed by atoms with E-state index in [1.165, 1.54) is 6.08 Å². The standard InChI is InChI=1S/C26H32N2O5/c1-2-15-31-22-9-11-23(12-10-22)33-26(30)19-6-3-18(4-7-19)5-14-25(29)32-17-20-16-21(27)8-13-24(20)28/h3-8,13-14,16,22-23H,2,9-12,15,17,27-28H2,1H3/b14-5+. The summed E-state index contributed by atoms with van der Waals surface area (Å²) in [5, 5.41) is 0. The first kappa shape index (κ1) is 24.3. The van der Waals surface area contributed by atoms with E-state index in [9.17, 15) is 9.59 Å². The fourth-order valence-electron chi connectivity index (χ4n) is 3.66. The first-order chi connectivity index (χ1) is 15.9. The lowest BCUT2D eigenvalue weighted by Crippen LogP contribution is -2.28. The number of rotatable bonds is 9. The minimum absolute atomic E-state index is 0.0392. The first-order valence-electron chi connectivity index (χ1n) is 11.4. The van der Waals surface area contributed by atoms with Crippen LogP contribution < -0.4 is 11.5 Å². The van der Waals surface area contributed by atoms with Crippen molar-refractivity contribution in [2.45, 2.75) is 57.8 Å². The third kappa shape index (κ3) is 7.64. The Morgan fingerprint density at radius 1 is 1.00 bits per heavy atom. The van der Waals surface area contributed by atoms with Gasteiger partial charge in [-0.25, -0.2) is 9.59 Å². The number of carbonyl (C=O) groups excluding carboxylic acids is 2. The molecular weight excluding hydrogens is 420 g/mol. The molecule has 1 aliphatic carbocycles. The summed E-state index contributed by atoms with van der Waals surface area (Å²) in [7, 11) is 0. The van der Waals surface area contributed by atoms with Crippen molar-refractivity contribution in [1.29, 1.82) is 0 Å². The number of hydrogen-bond acceptors (Lipinski definition) is 7. The minimum Gasteiger partial charge on any atom is -0.459 e. The van der Waals surface area contributed by atoms with Crippen molar-refractivity contribution in [1.82, 2.24) is 0 Å². The summed E-state index contributed by atoms with van der Waals surface area (Å²) in [5.41, 5.74) is 14.6. The maximum Gasteiger partial charge on any atom is 0.338 e. The molecule has 3 rings (SSSR count). The lowest BCUT2D eigenvalue weighted by molar-refractivity contribution is -0.138. The van der Waals surface area contributed by atoms with Gasteiger partial charge in [0.1, 0.15) is 12.7 Å². The van der Waals surface area contributed by atoms with E-state index in [1.807, 2.05) is 0 Å². The van der Waals surface area contributed by atoms with E-state index in [2.05, 4.69) is 6.92 Å². The van der Waals surface area contributed by atoms with Crippen LogP contribution in [0.1, 0.15) is 60.5 Å². The van der Waals surface area contributed by atoms with Crippen molar-refractivity contribution in [2.75, 3.05) is 18.1 Å². The van der Waals surface area contributed by atoms with Gasteiger partial charge in [-0.1, -0.05) is 19.1 Å². The Morgan fingerprint density at radius 3 is 2.39 bits per heavy atom. The Kier molecular flexibility index (Phi) is 8.89. The SMILES string of the molecule is CCCOC1CCC(OC(=O)c2ccc(/C=C/C(=O)OCc3cc(N)ccc3N)cc2)CC1. The third-order valence-electron chi connectivity index (χ3n) is 5.55. The summed E-state index contributed by atoms with van der Waals surface area (Å²) in [6.45, 7) is 2.92. The van der Waals surface area contributed by atoms with Gasteiger partial charge in [-0.3, -0.25) is 0 Å². The molecule has 7 heteroatoms. The molecule has 0 atom stereocenters. The van der Waals surface area contributed by atoms with E-state index in [0.717, 1.165) is 44.3 Å². The maximum atomic E-state index is 12.5. The van der Waals surface area contributed by atoms with Crippen LogP contribution in [0.15, 0.2) is 48.5 Å². The second-order valence-corrected chi connectivity index (χ2v) is 8.20. The highest BCUT2D eigenvalue weighted by molar-refractivity contribution is 5.90. The summed E-state index contributed by atoms with van der Waals surface area (Å²) >= 11 is 0. The largest absolute Gasteiger partial charge is 0.459 e. The molecule has 1 aliphatic rings. The number of carbonyl (C=O) groups is 2. The highest BCUT2D eigenvalue weighted by atomic mass is 16.5. The molecule has 0 bridgehead atoms. The number of hydrogen-bond donors (Lipinski definition) is 2. The summed E-state index contributed by atoms with van der Waals surface area (Å²) < 4.78 is 16.7. The molecule has 0 radical (unpaired) electrons. The second kappa shape index (κ2) is 12.1. The molecule has 0 heterocycles. The molecule has 4 N–H and O–H groups in total. The van der Waals surface area contributed by atoms with Gasteiger partial charge in [0.25, 0.3) is 0 Å². The fraction of sp³-hybridized carbons (Fsp3) is 0.385. The van der Waals surface area contributed by atoms with E-state index in [1.54, 1.807) is 48.5 Å². The quantitative estimate of drug-likeness (QED) is 0.327. The van der Waals surface area contributed by atoms with E-state index in [0.29, 0.717) is 22.5 Å². The molecular formula is C26H32N2O5. The van der Waals surface area contributed by atoms with Crippen LogP contribution in [0.25, 0.3) is 6.08 Å². The zero-order valence-electron chi connectivity index (χ0n) is 19.0. The molecule has 2 aromatic rings. The lowest BCUT2D eigenvalue weighted by Gasteiger charge is -2.28. The van der Waals surface area contributed by atoms with Gasteiger partial charge in [0, 0.05) is 29.6 Å². The molecule has 0 amide bonds. The molecule has 1 fully saturated rings. The van der Waals surface area contributed by atoms with Gasteiger partial charge >= 0.3 is 11.9 Å². The van der Waals surface area contributed by atoms with Crippen LogP contribution in [-0.4, -0.2) is 30.8 Å². The van der Waals surface area contributed by atoms with Crippen LogP contribution in [0.2, 0.25) is 0 Å². The number of esters is 2. The summed E-state index contributed by atoms with van der Waals surface area (Å²) in [6.07, 6.45) is 7.66. The molecule has 7 nitrogen and oxygen atoms in total. The van der Waals surface area contributed by atoms with Gasteiger partial charge < -0.3 is 25.7 Å². The van der Waals surface area contributed by atoms with Crippen LogP contribution >= 0.6 is 0 Å². The topological polar surface area (TPSA) is 114 Å². The van der Waals surface area contributed by atoms with Crippen LogP contribution in [-0.2, 0) is 25.6 Å². The summed E-state index contributed by atoms with van der Waals surface area (Å²) in [5.74, 6) is -0.832. The zero-order valence-corrected chi connectivity index (χ0v) is 19.0. The zero-order chi connectivity index (χ0) is 23.6. The van der Waals surface area contributed by atoms with Crippen LogP contribution in [0.5, 0.6) is 0 Å². The maximum absolute atomic E-state index is 12.5. The first-order valence-corrected chi connectivity index (χ1v) is 11.4. The van der Waals surface area contributed by atoms with Crippen molar-refractivity contribution in [3.63, 3.8) is 0 Å². The highest BCUT2D eigenvalue weighted by Crippen LogP contribution is 2.24. The Hall–Kier alpha value is -3.32. The Labute approximate surface area is 194 Å². The van der Waals surface area contributed by atoms with Crippen molar-refractivity contribution in [3.8, 4) is 0 Å². The predicted octanol–water partition coefficient (Wildman–Crippen LogP) is 4.50. The van der Waals surface area contributed by atoms with Gasteiger partial charge in [-0.05, 0) is 74.1 Å². The van der Waals surface area contributed by atoms with E-state index in [-0.39, 0.29) is 24.8 Å². The van der Waals surface area contributed by atoms with Crippen molar-refractivity contribution in [3.05, 3.63) is 65.2 Å². The highest BCUT2D eigenvalue weighted by Gasteiger charge is 2.24. The smallest absolute Gasteiger partial charge is 0.338 e. The van der Waals surface area contributed by atoms with Crippen LogP contribution in [0, 0.1) is 0 Å². The fourth-order valence-corrected chi connectivity index (χ4v) is 3.66. The number of ether oxygens (including phenoxy) is 3. The van der Waals surface area contributed by atoms with Crippen LogP contribution in [0.3, 0.4) is 0 Å². The summed E-state index contributed by atoms with van der Waals surface area (Å²) in [4.78, 5) is 24.5. The Balaban J connectivity index is 1.44. The monoisotopic (exact) mass is 452 g/mol. The molecule has 0 spiro atoms. The number of anilines is 2. The second-order valence-electron chi connectivity index (χ2n) is 8.20. The molecule has 0 aliphatic heterocycles. The minimum atomic E-state index is -0.501. The van der Waals surface area contributed by atoms with Gasteiger partial charge in [0.2, 0.25) is 0 Å². The number of nitrogen functional groups attached to an aromatic ring is 2. The third-order valence-corrected chi connectivity index (χ3v) is 5.55. The van der Waals surface area contributed by atoms with E-state index >= 15 is 0 Å². The normalized spacial score (nSPS) is 18.2. The average molecular weight is 453 g/mol. The van der Waals surface area contributed by atoms with Gasteiger partial charge in [-0.15, -0.1) is 0 Å². The Bertz CT molecular complexity index is 963. The van der Waals surface area contributed by atoms with Gasteiger partial charge in [0.15, 0.2) is 0 Å². The average Bonchev–Trinajstić information content (AvgIpc) is 2.83. The van der Waals surface area contributed by atoms with Crippen LogP contribution in [0.4, 0.5) is 11.4 Å². The number of benzene rings is 2. The Morgan fingerprint density at radius 2 is 1.70 bits per heavy atom. The summed E-state index contributed by atoms with van der Waals surface area (Å²) in [6, 6.07) is 11.9. The number of nitrogens with two attached hydrogens (primary N) is 2. The molecule has 2 aromatic carbocycles.